The van der Waals surface area contributed by atoms with E-state index in [9.17, 15) is 0 Å². The van der Waals surface area contributed by atoms with Crippen molar-refractivity contribution in [2.24, 2.45) is 5.73 Å². The molecule has 3 nitrogen and oxygen atoms in total. The molecule has 0 fully saturated rings. The van der Waals surface area contributed by atoms with Gasteiger partial charge in [0.25, 0.3) is 0 Å². The van der Waals surface area contributed by atoms with E-state index in [0.717, 1.165) is 17.5 Å². The van der Waals surface area contributed by atoms with Crippen LogP contribution in [0.15, 0.2) is 46.0 Å². The Morgan fingerprint density at radius 1 is 1.15 bits per heavy atom. The first kappa shape index (κ1) is 8.13. The molecular weight excluding hydrogens is 166 g/mol. The molecule has 0 aliphatic carbocycles. The summed E-state index contributed by atoms with van der Waals surface area (Å²) in [5.41, 5.74) is 8.05. The average molecular weight is 177 g/mol. The lowest BCUT2D eigenvalue weighted by atomic mass is 10.0. The first-order valence-corrected chi connectivity index (χ1v) is 4.15. The second-order valence-electron chi connectivity index (χ2n) is 3.00. The summed E-state index contributed by atoms with van der Waals surface area (Å²) in [7, 11) is 0. The fraction of sp³-hybridized carbons (Fsp3) is 0.200. The predicted molar refractivity (Wildman–Crippen MR) is 48.0 cm³/mol. The van der Waals surface area contributed by atoms with E-state index in [1.165, 1.54) is 0 Å². The quantitative estimate of drug-likeness (QED) is 0.781. The Bertz CT molecular complexity index is 337. The van der Waals surface area contributed by atoms with Gasteiger partial charge in [-0.25, -0.2) is 0 Å². The van der Waals surface area contributed by atoms with Crippen molar-refractivity contribution >= 4 is 0 Å². The Balaban J connectivity index is 2.04. The number of nitrogens with two attached hydrogens (primary N) is 1. The highest BCUT2D eigenvalue weighted by molar-refractivity contribution is 5.16. The zero-order valence-corrected chi connectivity index (χ0v) is 7.14. The third-order valence-corrected chi connectivity index (χ3v) is 2.01. The summed E-state index contributed by atoms with van der Waals surface area (Å²) in [4.78, 5) is 0. The van der Waals surface area contributed by atoms with Crippen LogP contribution in [0.5, 0.6) is 0 Å². The second kappa shape index (κ2) is 3.49. The van der Waals surface area contributed by atoms with E-state index in [4.69, 9.17) is 14.6 Å². The first-order chi connectivity index (χ1) is 6.36. The van der Waals surface area contributed by atoms with Crippen molar-refractivity contribution in [1.82, 2.24) is 0 Å². The number of furan rings is 2. The minimum absolute atomic E-state index is 0.0173. The highest BCUT2D eigenvalue weighted by Gasteiger charge is 2.08. The Kier molecular flexibility index (Phi) is 2.19. The van der Waals surface area contributed by atoms with Gasteiger partial charge in [0.15, 0.2) is 0 Å². The van der Waals surface area contributed by atoms with Crippen molar-refractivity contribution in [3.05, 3.63) is 48.3 Å². The van der Waals surface area contributed by atoms with Crippen LogP contribution in [-0.2, 0) is 6.42 Å². The van der Waals surface area contributed by atoms with Gasteiger partial charge in [0, 0.05) is 11.6 Å². The maximum absolute atomic E-state index is 5.93. The molecule has 3 heteroatoms. The molecule has 1 atom stereocenters. The number of hydrogen-bond acceptors (Lipinski definition) is 3. The fourth-order valence-corrected chi connectivity index (χ4v) is 1.27. The molecular formula is C10H11NO2. The SMILES string of the molecule is NC(Cc1ccoc1)c1ccoc1. The summed E-state index contributed by atoms with van der Waals surface area (Å²) in [6.45, 7) is 0. The summed E-state index contributed by atoms with van der Waals surface area (Å²) in [6.07, 6.45) is 7.43. The normalized spacial score (nSPS) is 13.0. The third-order valence-electron chi connectivity index (χ3n) is 2.01. The minimum Gasteiger partial charge on any atom is -0.472 e. The molecule has 2 N–H and O–H groups in total. The van der Waals surface area contributed by atoms with Gasteiger partial charge in [-0.15, -0.1) is 0 Å². The molecule has 0 saturated heterocycles. The van der Waals surface area contributed by atoms with Gasteiger partial charge < -0.3 is 14.6 Å². The monoisotopic (exact) mass is 177 g/mol. The van der Waals surface area contributed by atoms with Crippen molar-refractivity contribution in [2.75, 3.05) is 0 Å². The molecule has 0 saturated carbocycles. The largest absolute Gasteiger partial charge is 0.472 e. The molecule has 0 spiro atoms. The topological polar surface area (TPSA) is 52.3 Å². The summed E-state index contributed by atoms with van der Waals surface area (Å²) < 4.78 is 9.91. The van der Waals surface area contributed by atoms with Gasteiger partial charge in [0.05, 0.1) is 25.1 Å². The van der Waals surface area contributed by atoms with Crippen LogP contribution in [0.3, 0.4) is 0 Å². The molecule has 1 unspecified atom stereocenters. The Morgan fingerprint density at radius 2 is 1.92 bits per heavy atom. The zero-order valence-electron chi connectivity index (χ0n) is 7.14. The van der Waals surface area contributed by atoms with E-state index in [0.29, 0.717) is 0 Å². The van der Waals surface area contributed by atoms with E-state index in [1.54, 1.807) is 25.1 Å². The molecule has 2 aromatic heterocycles. The van der Waals surface area contributed by atoms with Crippen LogP contribution in [0.1, 0.15) is 17.2 Å². The van der Waals surface area contributed by atoms with Crippen molar-refractivity contribution in [3.63, 3.8) is 0 Å². The summed E-state index contributed by atoms with van der Waals surface area (Å²) in [5.74, 6) is 0. The maximum atomic E-state index is 5.93. The maximum Gasteiger partial charge on any atom is 0.0950 e. The van der Waals surface area contributed by atoms with Crippen molar-refractivity contribution in [1.29, 1.82) is 0 Å². The minimum atomic E-state index is -0.0173. The molecule has 2 rings (SSSR count). The van der Waals surface area contributed by atoms with E-state index < -0.39 is 0 Å². The lowest BCUT2D eigenvalue weighted by Gasteiger charge is -2.06. The van der Waals surface area contributed by atoms with Crippen LogP contribution < -0.4 is 5.73 Å². The Hall–Kier alpha value is -1.48. The van der Waals surface area contributed by atoms with Gasteiger partial charge in [0.2, 0.25) is 0 Å². The zero-order chi connectivity index (χ0) is 9.10. The standard InChI is InChI=1S/C10H11NO2/c11-10(9-2-4-13-7-9)5-8-1-3-12-6-8/h1-4,6-7,10H,5,11H2. The molecule has 68 valence electrons. The van der Waals surface area contributed by atoms with E-state index >= 15 is 0 Å². The molecule has 0 aromatic carbocycles. The van der Waals surface area contributed by atoms with Gasteiger partial charge in [0.1, 0.15) is 0 Å². The van der Waals surface area contributed by atoms with Crippen LogP contribution in [0.4, 0.5) is 0 Å². The van der Waals surface area contributed by atoms with Gasteiger partial charge in [-0.05, 0) is 24.1 Å². The van der Waals surface area contributed by atoms with Crippen LogP contribution in [0, 0.1) is 0 Å². The van der Waals surface area contributed by atoms with Gasteiger partial charge in [-0.2, -0.15) is 0 Å². The molecule has 0 aliphatic rings. The fourth-order valence-electron chi connectivity index (χ4n) is 1.27. The lowest BCUT2D eigenvalue weighted by molar-refractivity contribution is 0.553. The van der Waals surface area contributed by atoms with Crippen LogP contribution in [0.2, 0.25) is 0 Å². The van der Waals surface area contributed by atoms with Gasteiger partial charge in [-0.1, -0.05) is 0 Å². The van der Waals surface area contributed by atoms with Crippen molar-refractivity contribution in [3.8, 4) is 0 Å². The Labute approximate surface area is 76.1 Å². The second-order valence-corrected chi connectivity index (χ2v) is 3.00. The highest BCUT2D eigenvalue weighted by atomic mass is 16.3. The molecule has 13 heavy (non-hydrogen) atoms. The summed E-state index contributed by atoms with van der Waals surface area (Å²) in [5, 5.41) is 0. The molecule has 0 aliphatic heterocycles. The summed E-state index contributed by atoms with van der Waals surface area (Å²) in [6, 6.07) is 3.78. The van der Waals surface area contributed by atoms with Gasteiger partial charge in [-0.3, -0.25) is 0 Å². The highest BCUT2D eigenvalue weighted by Crippen LogP contribution is 2.16. The average Bonchev–Trinajstić information content (AvgIpc) is 2.74. The van der Waals surface area contributed by atoms with Crippen LogP contribution in [-0.4, -0.2) is 0 Å². The molecule has 0 bridgehead atoms. The number of hydrogen-bond donors (Lipinski definition) is 1. The summed E-state index contributed by atoms with van der Waals surface area (Å²) >= 11 is 0. The molecule has 0 amide bonds. The Morgan fingerprint density at radius 3 is 2.54 bits per heavy atom. The smallest absolute Gasteiger partial charge is 0.0950 e. The van der Waals surface area contributed by atoms with E-state index in [-0.39, 0.29) is 6.04 Å². The molecule has 2 heterocycles. The van der Waals surface area contributed by atoms with Crippen LogP contribution >= 0.6 is 0 Å². The number of rotatable bonds is 3. The first-order valence-electron chi connectivity index (χ1n) is 4.15. The lowest BCUT2D eigenvalue weighted by Crippen LogP contribution is -2.11. The van der Waals surface area contributed by atoms with Crippen molar-refractivity contribution < 1.29 is 8.83 Å². The van der Waals surface area contributed by atoms with Crippen molar-refractivity contribution in [2.45, 2.75) is 12.5 Å². The molecule has 2 aromatic rings. The van der Waals surface area contributed by atoms with Gasteiger partial charge >= 0.3 is 0 Å². The predicted octanol–water partition coefficient (Wildman–Crippen LogP) is 2.12. The van der Waals surface area contributed by atoms with E-state index in [1.807, 2.05) is 12.1 Å². The third kappa shape index (κ3) is 1.81. The van der Waals surface area contributed by atoms with Crippen LogP contribution in [0.25, 0.3) is 0 Å². The molecule has 0 radical (unpaired) electrons. The van der Waals surface area contributed by atoms with E-state index in [2.05, 4.69) is 0 Å².